The van der Waals surface area contributed by atoms with Gasteiger partial charge in [-0.25, -0.2) is 13.6 Å². The molecule has 1 aromatic carbocycles. The van der Waals surface area contributed by atoms with E-state index >= 15 is 0 Å². The number of thiophene rings is 1. The van der Waals surface area contributed by atoms with E-state index in [0.29, 0.717) is 37.6 Å². The van der Waals surface area contributed by atoms with Crippen molar-refractivity contribution in [3.05, 3.63) is 46.3 Å². The predicted molar refractivity (Wildman–Crippen MR) is 118 cm³/mol. The molecular weight excluding hydrogens is 460 g/mol. The fourth-order valence-corrected chi connectivity index (χ4v) is 4.66. The second kappa shape index (κ2) is 9.57. The second-order valence-electron chi connectivity index (χ2n) is 7.53. The van der Waals surface area contributed by atoms with Gasteiger partial charge in [-0.05, 0) is 35.6 Å². The summed E-state index contributed by atoms with van der Waals surface area (Å²) in [5.74, 6) is -1.29. The first-order valence-corrected chi connectivity index (χ1v) is 11.0. The summed E-state index contributed by atoms with van der Waals surface area (Å²) in [4.78, 5) is 38.8. The van der Waals surface area contributed by atoms with Crippen molar-refractivity contribution in [3.8, 4) is 0 Å². The van der Waals surface area contributed by atoms with E-state index < -0.39 is 35.5 Å². The number of nitrogens with zero attached hydrogens (tertiary/aromatic N) is 4. The number of rotatable bonds is 7. The van der Waals surface area contributed by atoms with Crippen molar-refractivity contribution in [2.45, 2.75) is 6.10 Å². The van der Waals surface area contributed by atoms with Crippen molar-refractivity contribution in [2.75, 3.05) is 60.6 Å². The summed E-state index contributed by atoms with van der Waals surface area (Å²) in [5, 5.41) is 14.1. The molecule has 0 unspecified atom stereocenters. The average Bonchev–Trinajstić information content (AvgIpc) is 3.45. The van der Waals surface area contributed by atoms with Gasteiger partial charge in [0.05, 0.1) is 34.4 Å². The van der Waals surface area contributed by atoms with E-state index in [1.165, 1.54) is 17.0 Å². The van der Waals surface area contributed by atoms with Gasteiger partial charge in [-0.2, -0.15) is 0 Å². The molecule has 2 aromatic rings. The quantitative estimate of drug-likeness (QED) is 0.478. The van der Waals surface area contributed by atoms with Gasteiger partial charge in [0.15, 0.2) is 6.67 Å². The Bertz CT molecular complexity index is 1060. The minimum absolute atomic E-state index is 0.0246. The molecule has 1 N–H and O–H groups in total. The first-order chi connectivity index (χ1) is 15.9. The van der Waals surface area contributed by atoms with Crippen LogP contribution in [0.15, 0.2) is 30.3 Å². The van der Waals surface area contributed by atoms with Crippen LogP contribution in [0.1, 0.15) is 0 Å². The van der Waals surface area contributed by atoms with Crippen LogP contribution in [-0.2, 0) is 9.53 Å². The van der Waals surface area contributed by atoms with E-state index in [4.69, 9.17) is 4.74 Å². The summed E-state index contributed by atoms with van der Waals surface area (Å²) in [6.45, 7) is 1.17. The molecule has 0 bridgehead atoms. The Labute approximate surface area is 191 Å². The molecule has 176 valence electrons. The van der Waals surface area contributed by atoms with Gasteiger partial charge in [0.25, 0.3) is 5.91 Å². The molecule has 0 spiro atoms. The molecule has 1 atom stereocenters. The molecule has 4 rings (SSSR count). The molecule has 1 aromatic heterocycles. The first kappa shape index (κ1) is 22.7. The third kappa shape index (κ3) is 4.97. The summed E-state index contributed by atoms with van der Waals surface area (Å²) >= 11 is 1.11. The number of anilines is 3. The summed E-state index contributed by atoms with van der Waals surface area (Å²) in [5.41, 5.74) is 0.722. The molecule has 2 fully saturated rings. The van der Waals surface area contributed by atoms with Crippen molar-refractivity contribution in [1.29, 1.82) is 0 Å². The van der Waals surface area contributed by atoms with Crippen LogP contribution < -0.4 is 20.0 Å². The van der Waals surface area contributed by atoms with Crippen molar-refractivity contribution in [3.63, 3.8) is 0 Å². The van der Waals surface area contributed by atoms with Crippen LogP contribution >= 0.6 is 11.3 Å². The van der Waals surface area contributed by atoms with Gasteiger partial charge in [0.2, 0.25) is 0 Å². The van der Waals surface area contributed by atoms with Crippen LogP contribution in [0.2, 0.25) is 0 Å². The van der Waals surface area contributed by atoms with E-state index in [0.717, 1.165) is 16.3 Å². The van der Waals surface area contributed by atoms with Crippen molar-refractivity contribution < 1.29 is 28.0 Å². The Hall–Kier alpha value is -3.48. The average molecular weight is 481 g/mol. The number of nitro groups is 1. The number of amides is 2. The van der Waals surface area contributed by atoms with Gasteiger partial charge in [-0.1, -0.05) is 0 Å². The third-order valence-electron chi connectivity index (χ3n) is 5.45. The number of alkyl halides is 1. The van der Waals surface area contributed by atoms with Crippen LogP contribution in [-0.4, -0.2) is 69.0 Å². The lowest BCUT2D eigenvalue weighted by Gasteiger charge is -2.36. The van der Waals surface area contributed by atoms with Crippen LogP contribution in [0.5, 0.6) is 0 Å². The van der Waals surface area contributed by atoms with E-state index in [1.807, 2.05) is 9.80 Å². The molecule has 2 aliphatic rings. The van der Waals surface area contributed by atoms with E-state index in [1.54, 1.807) is 18.2 Å². The lowest BCUT2D eigenvalue weighted by atomic mass is 10.2. The Balaban J connectivity index is 1.36. The molecule has 0 saturated carbocycles. The number of benzene rings is 1. The lowest BCUT2D eigenvalue weighted by molar-refractivity contribution is -0.380. The molecule has 10 nitrogen and oxygen atoms in total. The van der Waals surface area contributed by atoms with Crippen LogP contribution in [0.4, 0.5) is 35.0 Å². The number of nitrogens with one attached hydrogen (secondary N) is 1. The normalized spacial score (nSPS) is 18.4. The molecule has 13 heteroatoms. The zero-order chi connectivity index (χ0) is 23.5. The summed E-state index contributed by atoms with van der Waals surface area (Å²) in [7, 11) is 0. The lowest BCUT2D eigenvalue weighted by Crippen LogP contribution is -2.46. The highest BCUT2D eigenvalue weighted by Gasteiger charge is 2.33. The Morgan fingerprint density at radius 2 is 1.94 bits per heavy atom. The fourth-order valence-electron chi connectivity index (χ4n) is 3.79. The maximum absolute atomic E-state index is 14.9. The second-order valence-corrected chi connectivity index (χ2v) is 8.57. The molecule has 0 aliphatic carbocycles. The van der Waals surface area contributed by atoms with E-state index in [-0.39, 0.29) is 18.1 Å². The van der Waals surface area contributed by atoms with Gasteiger partial charge < -0.3 is 19.9 Å². The molecule has 2 amide bonds. The van der Waals surface area contributed by atoms with Crippen molar-refractivity contribution in [2.24, 2.45) is 0 Å². The first-order valence-electron chi connectivity index (χ1n) is 10.2. The van der Waals surface area contributed by atoms with Crippen LogP contribution in [0.3, 0.4) is 0 Å². The van der Waals surface area contributed by atoms with Crippen molar-refractivity contribution in [1.82, 2.24) is 5.32 Å². The number of hydrogen-bond acceptors (Lipinski definition) is 8. The number of piperazine rings is 1. The molecule has 2 saturated heterocycles. The highest BCUT2D eigenvalue weighted by Crippen LogP contribution is 2.33. The Kier molecular flexibility index (Phi) is 6.58. The molecular formula is C20H21F2N5O5S. The molecule has 0 radical (unpaired) electrons. The smallest absolute Gasteiger partial charge is 0.414 e. The number of cyclic esters (lactones) is 1. The number of halogens is 2. The van der Waals surface area contributed by atoms with Gasteiger partial charge in [-0.3, -0.25) is 19.8 Å². The van der Waals surface area contributed by atoms with Gasteiger partial charge in [0, 0.05) is 32.2 Å². The Morgan fingerprint density at radius 3 is 2.58 bits per heavy atom. The Morgan fingerprint density at radius 1 is 1.21 bits per heavy atom. The SMILES string of the molecule is O=C(CF)NC[C@H]1CN(c2ccc(N3CCN(c4ccc([N+](=O)[O-])s4)CC3)c(F)c2)C(=O)O1. The number of carbonyl (C=O) groups is 2. The monoisotopic (exact) mass is 481 g/mol. The van der Waals surface area contributed by atoms with Crippen LogP contribution in [0, 0.1) is 15.9 Å². The standard InChI is InChI=1S/C20H21F2N5O5S/c21-10-17(28)23-11-14-12-26(20(29)32-14)13-1-2-16(15(22)9-13)24-5-7-25(8-6-24)18-3-4-19(33-18)27(30)31/h1-4,9,14H,5-8,10-12H2,(H,23,28)/t14-/m0/s1. The largest absolute Gasteiger partial charge is 0.442 e. The number of carbonyl (C=O) groups excluding carboxylic acids is 2. The van der Waals surface area contributed by atoms with Gasteiger partial charge >= 0.3 is 11.1 Å². The van der Waals surface area contributed by atoms with Gasteiger partial charge in [-0.15, -0.1) is 0 Å². The number of ether oxygens (including phenoxy) is 1. The highest BCUT2D eigenvalue weighted by atomic mass is 32.1. The zero-order valence-electron chi connectivity index (χ0n) is 17.4. The minimum atomic E-state index is -1.15. The molecule has 2 aliphatic heterocycles. The highest BCUT2D eigenvalue weighted by molar-refractivity contribution is 7.19. The molecule has 3 heterocycles. The topological polar surface area (TPSA) is 108 Å². The summed E-state index contributed by atoms with van der Waals surface area (Å²) < 4.78 is 32.3. The fraction of sp³-hybridized carbons (Fsp3) is 0.400. The maximum Gasteiger partial charge on any atom is 0.414 e. The summed E-state index contributed by atoms with van der Waals surface area (Å²) in [6.07, 6.45) is -1.32. The van der Waals surface area contributed by atoms with Crippen molar-refractivity contribution >= 4 is 44.7 Å². The van der Waals surface area contributed by atoms with E-state index in [2.05, 4.69) is 5.32 Å². The van der Waals surface area contributed by atoms with Crippen LogP contribution in [0.25, 0.3) is 0 Å². The maximum atomic E-state index is 14.9. The van der Waals surface area contributed by atoms with Gasteiger partial charge in [0.1, 0.15) is 11.9 Å². The minimum Gasteiger partial charge on any atom is -0.442 e. The summed E-state index contributed by atoms with van der Waals surface area (Å²) in [6, 6.07) is 7.68. The predicted octanol–water partition coefficient (Wildman–Crippen LogP) is 2.53. The molecule has 33 heavy (non-hydrogen) atoms. The number of hydrogen-bond donors (Lipinski definition) is 1. The zero-order valence-corrected chi connectivity index (χ0v) is 18.2. The third-order valence-corrected chi connectivity index (χ3v) is 6.55. The van der Waals surface area contributed by atoms with E-state index in [9.17, 15) is 28.5 Å².